The minimum absolute atomic E-state index is 0.296. The first-order valence-electron chi connectivity index (χ1n) is 6.91. The smallest absolute Gasteiger partial charge is 0.161 e. The van der Waals surface area contributed by atoms with Crippen LogP contribution in [0.4, 0.5) is 0 Å². The van der Waals surface area contributed by atoms with Gasteiger partial charge >= 0.3 is 0 Å². The molecule has 0 aliphatic carbocycles. The van der Waals surface area contributed by atoms with E-state index in [1.54, 1.807) is 7.11 Å². The van der Waals surface area contributed by atoms with Crippen molar-refractivity contribution >= 4 is 0 Å². The Kier molecular flexibility index (Phi) is 4.66. The number of hydrogen-bond acceptors (Lipinski definition) is 4. The summed E-state index contributed by atoms with van der Waals surface area (Å²) in [6, 6.07) is 6.43. The first-order valence-corrected chi connectivity index (χ1v) is 6.91. The fourth-order valence-electron chi connectivity index (χ4n) is 2.57. The van der Waals surface area contributed by atoms with Gasteiger partial charge in [0.25, 0.3) is 0 Å². The summed E-state index contributed by atoms with van der Waals surface area (Å²) in [6.45, 7) is 7.79. The highest BCUT2D eigenvalue weighted by Crippen LogP contribution is 2.29. The zero-order valence-electron chi connectivity index (χ0n) is 12.1. The summed E-state index contributed by atoms with van der Waals surface area (Å²) < 4.78 is 10.9. The van der Waals surface area contributed by atoms with Crippen LogP contribution >= 0.6 is 0 Å². The highest BCUT2D eigenvalue weighted by molar-refractivity contribution is 5.43. The van der Waals surface area contributed by atoms with Gasteiger partial charge in [0.15, 0.2) is 11.5 Å². The van der Waals surface area contributed by atoms with Gasteiger partial charge in [0.1, 0.15) is 0 Å². The van der Waals surface area contributed by atoms with Gasteiger partial charge in [-0.25, -0.2) is 0 Å². The molecule has 1 aromatic rings. The van der Waals surface area contributed by atoms with Crippen molar-refractivity contribution in [1.82, 2.24) is 4.90 Å². The van der Waals surface area contributed by atoms with Gasteiger partial charge in [0.05, 0.1) is 13.7 Å². The number of nitrogens with two attached hydrogens (primary N) is 1. The number of ether oxygens (including phenoxy) is 2. The molecule has 4 heteroatoms. The summed E-state index contributed by atoms with van der Waals surface area (Å²) in [5.74, 6) is 2.18. The second-order valence-electron chi connectivity index (χ2n) is 5.25. The Balaban J connectivity index is 2.06. The van der Waals surface area contributed by atoms with E-state index >= 15 is 0 Å². The molecule has 0 amide bonds. The van der Waals surface area contributed by atoms with Crippen molar-refractivity contribution in [1.29, 1.82) is 0 Å². The van der Waals surface area contributed by atoms with Crippen LogP contribution in [-0.4, -0.2) is 37.7 Å². The van der Waals surface area contributed by atoms with Crippen molar-refractivity contribution in [3.05, 3.63) is 23.8 Å². The van der Waals surface area contributed by atoms with Crippen molar-refractivity contribution in [3.63, 3.8) is 0 Å². The number of methoxy groups -OCH3 is 1. The first kappa shape index (κ1) is 14.2. The van der Waals surface area contributed by atoms with Gasteiger partial charge in [-0.15, -0.1) is 0 Å². The predicted octanol–water partition coefficient (Wildman–Crippen LogP) is 1.87. The topological polar surface area (TPSA) is 47.7 Å². The van der Waals surface area contributed by atoms with Crippen LogP contribution in [0.5, 0.6) is 11.5 Å². The monoisotopic (exact) mass is 264 g/mol. The summed E-state index contributed by atoms with van der Waals surface area (Å²) in [6.07, 6.45) is 0. The maximum absolute atomic E-state index is 6.06. The van der Waals surface area contributed by atoms with Crippen LogP contribution in [0.3, 0.4) is 0 Å². The van der Waals surface area contributed by atoms with Crippen molar-refractivity contribution in [2.24, 2.45) is 11.7 Å². The average Bonchev–Trinajstić information content (AvgIpc) is 2.69. The summed E-state index contributed by atoms with van der Waals surface area (Å²) in [5, 5.41) is 0. The lowest BCUT2D eigenvalue weighted by molar-refractivity contribution is 0.304. The van der Waals surface area contributed by atoms with E-state index in [1.165, 1.54) is 5.56 Å². The number of hydrogen-bond donors (Lipinski definition) is 1. The zero-order chi connectivity index (χ0) is 13.8. The molecular formula is C15H24N2O2. The molecule has 2 atom stereocenters. The number of nitrogens with zero attached hydrogens (tertiary/aromatic N) is 1. The van der Waals surface area contributed by atoms with Crippen molar-refractivity contribution in [2.75, 3.05) is 26.8 Å². The lowest BCUT2D eigenvalue weighted by atomic mass is 10.1. The quantitative estimate of drug-likeness (QED) is 0.882. The number of rotatable bonds is 5. The SMILES string of the molecule is CCOc1cc(CN2CC(C)C(N)C2)ccc1OC. The maximum atomic E-state index is 6.06. The molecule has 2 N–H and O–H groups in total. The van der Waals surface area contributed by atoms with Crippen molar-refractivity contribution in [3.8, 4) is 11.5 Å². The van der Waals surface area contributed by atoms with E-state index in [-0.39, 0.29) is 0 Å². The van der Waals surface area contributed by atoms with E-state index in [0.29, 0.717) is 18.6 Å². The standard InChI is InChI=1S/C15H24N2O2/c1-4-19-15-7-12(5-6-14(15)18-3)9-17-8-11(2)13(16)10-17/h5-7,11,13H,4,8-10,16H2,1-3H3. The largest absolute Gasteiger partial charge is 0.493 e. The molecule has 2 unspecified atom stereocenters. The maximum Gasteiger partial charge on any atom is 0.161 e. The molecule has 0 saturated carbocycles. The third-order valence-corrected chi connectivity index (χ3v) is 3.68. The molecular weight excluding hydrogens is 240 g/mol. The van der Waals surface area contributed by atoms with Crippen molar-refractivity contribution in [2.45, 2.75) is 26.4 Å². The normalized spacial score (nSPS) is 23.6. The van der Waals surface area contributed by atoms with Crippen molar-refractivity contribution < 1.29 is 9.47 Å². The van der Waals surface area contributed by atoms with Gasteiger partial charge in [-0.05, 0) is 30.5 Å². The molecule has 1 aliphatic rings. The molecule has 1 aliphatic heterocycles. The van der Waals surface area contributed by atoms with Crippen LogP contribution in [0.1, 0.15) is 19.4 Å². The fraction of sp³-hybridized carbons (Fsp3) is 0.600. The molecule has 0 spiro atoms. The third kappa shape index (κ3) is 3.39. The minimum Gasteiger partial charge on any atom is -0.493 e. The Hall–Kier alpha value is -1.26. The van der Waals surface area contributed by atoms with Crippen LogP contribution in [-0.2, 0) is 6.54 Å². The molecule has 1 fully saturated rings. The summed E-state index contributed by atoms with van der Waals surface area (Å²) in [4.78, 5) is 2.40. The molecule has 106 valence electrons. The average molecular weight is 264 g/mol. The number of benzene rings is 1. The third-order valence-electron chi connectivity index (χ3n) is 3.68. The lowest BCUT2D eigenvalue weighted by Crippen LogP contribution is -2.28. The highest BCUT2D eigenvalue weighted by Gasteiger charge is 2.26. The van der Waals surface area contributed by atoms with Gasteiger partial charge in [-0.1, -0.05) is 13.0 Å². The summed E-state index contributed by atoms with van der Waals surface area (Å²) in [7, 11) is 1.67. The molecule has 19 heavy (non-hydrogen) atoms. The molecule has 1 heterocycles. The van der Waals surface area contributed by atoms with E-state index < -0.39 is 0 Å². The minimum atomic E-state index is 0.296. The molecule has 0 bridgehead atoms. The fourth-order valence-corrected chi connectivity index (χ4v) is 2.57. The second kappa shape index (κ2) is 6.26. The lowest BCUT2D eigenvalue weighted by Gasteiger charge is -2.17. The Labute approximate surface area is 115 Å². The number of likely N-dealkylation sites (tertiary alicyclic amines) is 1. The Morgan fingerprint density at radius 1 is 1.32 bits per heavy atom. The van der Waals surface area contributed by atoms with Crippen LogP contribution in [0.2, 0.25) is 0 Å². The van der Waals surface area contributed by atoms with E-state index in [4.69, 9.17) is 15.2 Å². The molecule has 0 radical (unpaired) electrons. The first-order chi connectivity index (χ1) is 9.13. The van der Waals surface area contributed by atoms with Crippen LogP contribution in [0.15, 0.2) is 18.2 Å². The summed E-state index contributed by atoms with van der Waals surface area (Å²) >= 11 is 0. The Bertz CT molecular complexity index is 413. The van der Waals surface area contributed by atoms with Gasteiger partial charge in [0, 0.05) is 25.7 Å². The van der Waals surface area contributed by atoms with E-state index in [9.17, 15) is 0 Å². The molecule has 2 rings (SSSR count). The molecule has 4 nitrogen and oxygen atoms in total. The Morgan fingerprint density at radius 2 is 2.11 bits per heavy atom. The molecule has 1 aromatic carbocycles. The predicted molar refractivity (Wildman–Crippen MR) is 76.6 cm³/mol. The molecule has 0 aromatic heterocycles. The van der Waals surface area contributed by atoms with Crippen LogP contribution in [0, 0.1) is 5.92 Å². The Morgan fingerprint density at radius 3 is 2.68 bits per heavy atom. The van der Waals surface area contributed by atoms with Crippen LogP contribution in [0.25, 0.3) is 0 Å². The van der Waals surface area contributed by atoms with Gasteiger partial charge < -0.3 is 15.2 Å². The van der Waals surface area contributed by atoms with E-state index in [2.05, 4.69) is 24.0 Å². The van der Waals surface area contributed by atoms with Gasteiger partial charge in [-0.2, -0.15) is 0 Å². The van der Waals surface area contributed by atoms with E-state index in [0.717, 1.165) is 31.1 Å². The zero-order valence-corrected chi connectivity index (χ0v) is 12.1. The van der Waals surface area contributed by atoms with Gasteiger partial charge in [-0.3, -0.25) is 4.90 Å². The highest BCUT2D eigenvalue weighted by atomic mass is 16.5. The summed E-state index contributed by atoms with van der Waals surface area (Å²) in [5.41, 5.74) is 7.30. The molecule has 1 saturated heterocycles. The van der Waals surface area contributed by atoms with Crippen LogP contribution < -0.4 is 15.2 Å². The second-order valence-corrected chi connectivity index (χ2v) is 5.25. The van der Waals surface area contributed by atoms with Gasteiger partial charge in [0.2, 0.25) is 0 Å². The van der Waals surface area contributed by atoms with E-state index in [1.807, 2.05) is 13.0 Å².